The summed E-state index contributed by atoms with van der Waals surface area (Å²) >= 11 is 8.39. The van der Waals surface area contributed by atoms with Crippen molar-refractivity contribution in [2.45, 2.75) is 13.1 Å². The summed E-state index contributed by atoms with van der Waals surface area (Å²) in [5, 5.41) is -0.491. The number of hydrogen-bond donors (Lipinski definition) is 0. The number of carbonyl (C=O) groups excluding carboxylic acids is 1. The Hall–Kier alpha value is -0.550. The van der Waals surface area contributed by atoms with Crippen molar-refractivity contribution in [2.24, 2.45) is 0 Å². The van der Waals surface area contributed by atoms with Crippen molar-refractivity contribution in [2.75, 3.05) is 0 Å². The maximum Gasteiger partial charge on any atom is 0.418 e. The summed E-state index contributed by atoms with van der Waals surface area (Å²) in [5.74, 6) is -0.670. The molecule has 1 aromatic carbocycles. The number of halogens is 5. The standard InChI is InChI=1S/C9H5BrClF3O/c1-4(15)5-2-3-6(10)8(11)7(5)9(12,13)14/h2-3H,1H3. The molecule has 0 spiro atoms. The molecule has 0 heterocycles. The molecule has 0 N–H and O–H groups in total. The van der Waals surface area contributed by atoms with Gasteiger partial charge in [-0.15, -0.1) is 0 Å². The normalized spacial score (nSPS) is 11.6. The summed E-state index contributed by atoms with van der Waals surface area (Å²) in [4.78, 5) is 11.0. The van der Waals surface area contributed by atoms with Gasteiger partial charge in [0.15, 0.2) is 5.78 Å². The summed E-state index contributed by atoms with van der Waals surface area (Å²) in [6.45, 7) is 1.06. The van der Waals surface area contributed by atoms with Crippen molar-refractivity contribution >= 4 is 33.3 Å². The molecular weight excluding hydrogens is 296 g/mol. The summed E-state index contributed by atoms with van der Waals surface area (Å²) in [7, 11) is 0. The van der Waals surface area contributed by atoms with Crippen LogP contribution < -0.4 is 0 Å². The second kappa shape index (κ2) is 4.14. The van der Waals surface area contributed by atoms with Crippen molar-refractivity contribution in [1.29, 1.82) is 0 Å². The van der Waals surface area contributed by atoms with Crippen molar-refractivity contribution in [3.63, 3.8) is 0 Å². The van der Waals surface area contributed by atoms with Gasteiger partial charge in [-0.1, -0.05) is 11.6 Å². The first kappa shape index (κ1) is 12.5. The number of alkyl halides is 3. The van der Waals surface area contributed by atoms with Gasteiger partial charge in [0.25, 0.3) is 0 Å². The minimum absolute atomic E-state index is 0.112. The molecule has 0 aliphatic carbocycles. The third kappa shape index (κ3) is 2.52. The van der Waals surface area contributed by atoms with E-state index in [1.54, 1.807) is 0 Å². The molecule has 1 nitrogen and oxygen atoms in total. The lowest BCUT2D eigenvalue weighted by Gasteiger charge is -2.13. The van der Waals surface area contributed by atoms with Crippen LogP contribution in [0.15, 0.2) is 16.6 Å². The fourth-order valence-electron chi connectivity index (χ4n) is 1.12. The van der Waals surface area contributed by atoms with Gasteiger partial charge >= 0.3 is 6.18 Å². The molecule has 0 unspecified atom stereocenters. The average Bonchev–Trinajstić information content (AvgIpc) is 2.06. The molecule has 0 aliphatic rings. The molecule has 0 aliphatic heterocycles. The van der Waals surface area contributed by atoms with Crippen LogP contribution >= 0.6 is 27.5 Å². The van der Waals surface area contributed by atoms with Crippen molar-refractivity contribution in [3.05, 3.63) is 32.8 Å². The number of carbonyl (C=O) groups is 1. The zero-order valence-corrected chi connectivity index (χ0v) is 9.79. The number of hydrogen-bond acceptors (Lipinski definition) is 1. The van der Waals surface area contributed by atoms with E-state index in [9.17, 15) is 18.0 Å². The second-order valence-electron chi connectivity index (χ2n) is 2.84. The number of benzene rings is 1. The third-order valence-corrected chi connectivity index (χ3v) is 3.04. The minimum atomic E-state index is -4.64. The number of rotatable bonds is 1. The van der Waals surface area contributed by atoms with E-state index < -0.39 is 28.1 Å². The summed E-state index contributed by atoms with van der Waals surface area (Å²) in [5.41, 5.74) is -1.51. The minimum Gasteiger partial charge on any atom is -0.294 e. The van der Waals surface area contributed by atoms with Crippen LogP contribution in [0.4, 0.5) is 13.2 Å². The summed E-state index contributed by atoms with van der Waals surface area (Å²) in [6.07, 6.45) is -4.64. The van der Waals surface area contributed by atoms with E-state index >= 15 is 0 Å². The first-order chi connectivity index (χ1) is 6.75. The zero-order chi connectivity index (χ0) is 11.8. The van der Waals surface area contributed by atoms with Gasteiger partial charge in [0, 0.05) is 10.0 Å². The maximum atomic E-state index is 12.6. The number of Topliss-reactive ketones (excluding diaryl/α,β-unsaturated/α-hetero) is 1. The predicted octanol–water partition coefficient (Wildman–Crippen LogP) is 4.32. The van der Waals surface area contributed by atoms with Gasteiger partial charge in [-0.3, -0.25) is 4.79 Å². The Morgan fingerprint density at radius 3 is 2.33 bits per heavy atom. The van der Waals surface area contributed by atoms with Gasteiger partial charge in [0.1, 0.15) is 0 Å². The second-order valence-corrected chi connectivity index (χ2v) is 4.07. The molecule has 0 amide bonds. The molecule has 15 heavy (non-hydrogen) atoms. The molecule has 0 saturated heterocycles. The molecular formula is C9H5BrClF3O. The van der Waals surface area contributed by atoms with Gasteiger partial charge in [-0.2, -0.15) is 13.2 Å². The van der Waals surface area contributed by atoms with Crippen LogP contribution in [0.1, 0.15) is 22.8 Å². The van der Waals surface area contributed by atoms with E-state index in [0.717, 1.165) is 13.0 Å². The molecule has 0 atom stereocenters. The van der Waals surface area contributed by atoms with Crippen LogP contribution in [0.3, 0.4) is 0 Å². The Bertz CT molecular complexity index is 415. The molecule has 1 aromatic rings. The fourth-order valence-corrected chi connectivity index (χ4v) is 1.72. The van der Waals surface area contributed by atoms with Crippen molar-refractivity contribution < 1.29 is 18.0 Å². The molecule has 0 saturated carbocycles. The Morgan fingerprint density at radius 2 is 1.93 bits per heavy atom. The van der Waals surface area contributed by atoms with Crippen LogP contribution in [0.2, 0.25) is 5.02 Å². The smallest absolute Gasteiger partial charge is 0.294 e. The van der Waals surface area contributed by atoms with Gasteiger partial charge < -0.3 is 0 Å². The Kier molecular flexibility index (Phi) is 3.45. The zero-order valence-electron chi connectivity index (χ0n) is 7.45. The van der Waals surface area contributed by atoms with E-state index in [0.29, 0.717) is 0 Å². The lowest BCUT2D eigenvalue weighted by Crippen LogP contribution is -2.12. The maximum absolute atomic E-state index is 12.6. The molecule has 1 rings (SSSR count). The highest BCUT2D eigenvalue weighted by atomic mass is 79.9. The largest absolute Gasteiger partial charge is 0.418 e. The highest BCUT2D eigenvalue weighted by molar-refractivity contribution is 9.10. The first-order valence-corrected chi connectivity index (χ1v) is 4.98. The molecule has 0 fully saturated rings. The van der Waals surface area contributed by atoms with Gasteiger partial charge in [0.2, 0.25) is 0 Å². The highest BCUT2D eigenvalue weighted by Gasteiger charge is 2.37. The van der Waals surface area contributed by atoms with Gasteiger partial charge in [-0.25, -0.2) is 0 Å². The third-order valence-electron chi connectivity index (χ3n) is 1.76. The van der Waals surface area contributed by atoms with Crippen LogP contribution in [0.5, 0.6) is 0 Å². The molecule has 0 bridgehead atoms. The summed E-state index contributed by atoms with van der Waals surface area (Å²) in [6, 6.07) is 2.41. The molecule has 0 radical (unpaired) electrons. The van der Waals surface area contributed by atoms with E-state index in [1.807, 2.05) is 0 Å². The predicted molar refractivity (Wildman–Crippen MR) is 54.2 cm³/mol. The fraction of sp³-hybridized carbons (Fsp3) is 0.222. The highest BCUT2D eigenvalue weighted by Crippen LogP contribution is 2.40. The molecule has 6 heteroatoms. The quantitative estimate of drug-likeness (QED) is 0.706. The van der Waals surface area contributed by atoms with Crippen LogP contribution in [0, 0.1) is 0 Å². The van der Waals surface area contributed by atoms with Crippen LogP contribution in [-0.4, -0.2) is 5.78 Å². The van der Waals surface area contributed by atoms with Crippen LogP contribution in [-0.2, 0) is 6.18 Å². The van der Waals surface area contributed by atoms with E-state index in [1.165, 1.54) is 6.07 Å². The van der Waals surface area contributed by atoms with E-state index in [4.69, 9.17) is 11.6 Å². The van der Waals surface area contributed by atoms with E-state index in [2.05, 4.69) is 15.9 Å². The van der Waals surface area contributed by atoms with Crippen molar-refractivity contribution in [1.82, 2.24) is 0 Å². The number of ketones is 1. The van der Waals surface area contributed by atoms with Crippen molar-refractivity contribution in [3.8, 4) is 0 Å². The average molecular weight is 301 g/mol. The summed E-state index contributed by atoms with van der Waals surface area (Å²) < 4.78 is 37.9. The van der Waals surface area contributed by atoms with E-state index in [-0.39, 0.29) is 4.47 Å². The molecule has 82 valence electrons. The first-order valence-electron chi connectivity index (χ1n) is 3.81. The SMILES string of the molecule is CC(=O)c1ccc(Br)c(Cl)c1C(F)(F)F. The van der Waals surface area contributed by atoms with Gasteiger partial charge in [0.05, 0.1) is 10.6 Å². The van der Waals surface area contributed by atoms with Crippen LogP contribution in [0.25, 0.3) is 0 Å². The Labute approximate surface area is 97.4 Å². The lowest BCUT2D eigenvalue weighted by molar-refractivity contribution is -0.137. The Balaban J connectivity index is 3.57. The monoisotopic (exact) mass is 300 g/mol. The Morgan fingerprint density at radius 1 is 1.40 bits per heavy atom. The van der Waals surface area contributed by atoms with Gasteiger partial charge in [-0.05, 0) is 35.0 Å². The topological polar surface area (TPSA) is 17.1 Å². The lowest BCUT2D eigenvalue weighted by atomic mass is 10.0. The molecule has 0 aromatic heterocycles.